The summed E-state index contributed by atoms with van der Waals surface area (Å²) in [6.07, 6.45) is 2.36. The van der Waals surface area contributed by atoms with Crippen molar-refractivity contribution in [1.82, 2.24) is 15.1 Å². The Morgan fingerprint density at radius 2 is 1.91 bits per heavy atom. The molecule has 0 radical (unpaired) electrons. The first-order valence-electron chi connectivity index (χ1n) is 8.09. The van der Waals surface area contributed by atoms with Crippen LogP contribution < -0.4 is 5.32 Å². The van der Waals surface area contributed by atoms with Gasteiger partial charge in [-0.3, -0.25) is 0 Å². The molecule has 0 spiro atoms. The minimum absolute atomic E-state index is 0.151. The Balaban J connectivity index is 1.74. The van der Waals surface area contributed by atoms with Crippen LogP contribution in [0.1, 0.15) is 24.0 Å². The van der Waals surface area contributed by atoms with Crippen LogP contribution in [0, 0.1) is 19.7 Å². The highest BCUT2D eigenvalue weighted by molar-refractivity contribution is 5.62. The summed E-state index contributed by atoms with van der Waals surface area (Å²) in [5, 5.41) is 12.0. The molecule has 1 aromatic carbocycles. The Hall–Kier alpha value is -2.01. The van der Waals surface area contributed by atoms with Crippen molar-refractivity contribution in [2.75, 3.05) is 25.5 Å². The second-order valence-electron chi connectivity index (χ2n) is 6.47. The molecule has 0 bridgehead atoms. The quantitative estimate of drug-likeness (QED) is 0.942. The molecule has 4 nitrogen and oxygen atoms in total. The fourth-order valence-electron chi connectivity index (χ4n) is 3.15. The van der Waals surface area contributed by atoms with Gasteiger partial charge < -0.3 is 10.2 Å². The highest BCUT2D eigenvalue weighted by atomic mass is 19.1. The fraction of sp³-hybridized carbons (Fsp3) is 0.444. The smallest absolute Gasteiger partial charge is 0.148 e. The minimum atomic E-state index is -0.151. The minimum Gasteiger partial charge on any atom is -0.365 e. The number of aryl methyl sites for hydroxylation is 2. The molecule has 2 aromatic rings. The number of benzene rings is 1. The molecule has 23 heavy (non-hydrogen) atoms. The normalized spacial score (nSPS) is 18.9. The lowest BCUT2D eigenvalue weighted by Gasteiger charge is -2.30. The van der Waals surface area contributed by atoms with E-state index in [0.29, 0.717) is 17.2 Å². The Morgan fingerprint density at radius 1 is 1.17 bits per heavy atom. The summed E-state index contributed by atoms with van der Waals surface area (Å²) in [4.78, 5) is 2.33. The van der Waals surface area contributed by atoms with Crippen LogP contribution >= 0.6 is 0 Å². The lowest BCUT2D eigenvalue weighted by molar-refractivity contribution is 0.260. The molecule has 1 atom stereocenters. The van der Waals surface area contributed by atoms with Crippen LogP contribution in [-0.4, -0.2) is 41.3 Å². The van der Waals surface area contributed by atoms with Gasteiger partial charge in [-0.15, -0.1) is 10.2 Å². The van der Waals surface area contributed by atoms with Crippen molar-refractivity contribution in [2.24, 2.45) is 0 Å². The third-order valence-electron chi connectivity index (χ3n) is 4.37. The van der Waals surface area contributed by atoms with Crippen LogP contribution in [0.3, 0.4) is 0 Å². The van der Waals surface area contributed by atoms with Crippen molar-refractivity contribution in [1.29, 1.82) is 0 Å². The SMILES string of the molecule is Cc1cc(-c2ccc(N[C@@H]3CCCN(C)C3)nn2)cc(C)c1F. The number of likely N-dealkylation sites (N-methyl/N-ethyl adjacent to an activating group) is 1. The van der Waals surface area contributed by atoms with Crippen LogP contribution in [-0.2, 0) is 0 Å². The Kier molecular flexibility index (Phi) is 4.57. The first-order chi connectivity index (χ1) is 11.0. The molecule has 1 fully saturated rings. The molecule has 1 aliphatic heterocycles. The zero-order chi connectivity index (χ0) is 16.4. The van der Waals surface area contributed by atoms with Gasteiger partial charge in [0.05, 0.1) is 5.69 Å². The topological polar surface area (TPSA) is 41.0 Å². The van der Waals surface area contributed by atoms with Gasteiger partial charge in [0.15, 0.2) is 0 Å². The molecule has 1 N–H and O–H groups in total. The molecule has 5 heteroatoms. The maximum Gasteiger partial charge on any atom is 0.148 e. The maximum absolute atomic E-state index is 13.7. The molecular formula is C18H23FN4. The zero-order valence-electron chi connectivity index (χ0n) is 13.9. The van der Waals surface area contributed by atoms with Crippen LogP contribution in [0.4, 0.5) is 10.2 Å². The van der Waals surface area contributed by atoms with Gasteiger partial charge >= 0.3 is 0 Å². The van der Waals surface area contributed by atoms with Crippen molar-refractivity contribution < 1.29 is 4.39 Å². The molecule has 122 valence electrons. The lowest BCUT2D eigenvalue weighted by Crippen LogP contribution is -2.39. The monoisotopic (exact) mass is 314 g/mol. The van der Waals surface area contributed by atoms with Crippen LogP contribution in [0.5, 0.6) is 0 Å². The van der Waals surface area contributed by atoms with Crippen molar-refractivity contribution >= 4 is 5.82 Å². The summed E-state index contributed by atoms with van der Waals surface area (Å²) < 4.78 is 13.7. The van der Waals surface area contributed by atoms with E-state index in [2.05, 4.69) is 27.5 Å². The molecule has 3 rings (SSSR count). The van der Waals surface area contributed by atoms with Gasteiger partial charge in [0.1, 0.15) is 11.6 Å². The van der Waals surface area contributed by atoms with E-state index in [1.807, 2.05) is 24.3 Å². The summed E-state index contributed by atoms with van der Waals surface area (Å²) in [7, 11) is 2.14. The summed E-state index contributed by atoms with van der Waals surface area (Å²) >= 11 is 0. The number of rotatable bonds is 3. The lowest BCUT2D eigenvalue weighted by atomic mass is 10.0. The standard InChI is InChI=1S/C18H23FN4/c1-12-9-14(10-13(2)18(12)19)16-6-7-17(22-21-16)20-15-5-4-8-23(3)11-15/h6-7,9-10,15H,4-5,8,11H2,1-3H3,(H,20,22)/t15-/m1/s1. The largest absolute Gasteiger partial charge is 0.365 e. The fourth-order valence-corrected chi connectivity index (χ4v) is 3.15. The predicted molar refractivity (Wildman–Crippen MR) is 91.0 cm³/mol. The summed E-state index contributed by atoms with van der Waals surface area (Å²) in [6.45, 7) is 5.73. The Labute approximate surface area is 136 Å². The van der Waals surface area contributed by atoms with Gasteiger partial charge in [0, 0.05) is 18.2 Å². The van der Waals surface area contributed by atoms with E-state index in [1.54, 1.807) is 13.8 Å². The van der Waals surface area contributed by atoms with Gasteiger partial charge in [-0.1, -0.05) is 0 Å². The van der Waals surface area contributed by atoms with Gasteiger partial charge in [-0.2, -0.15) is 0 Å². The molecule has 1 aromatic heterocycles. The number of piperidine rings is 1. The van der Waals surface area contributed by atoms with Crippen LogP contribution in [0.15, 0.2) is 24.3 Å². The number of anilines is 1. The van der Waals surface area contributed by atoms with E-state index in [1.165, 1.54) is 6.42 Å². The first-order valence-corrected chi connectivity index (χ1v) is 8.09. The van der Waals surface area contributed by atoms with Crippen molar-refractivity contribution in [3.63, 3.8) is 0 Å². The number of hydrogen-bond acceptors (Lipinski definition) is 4. The summed E-state index contributed by atoms with van der Waals surface area (Å²) in [6, 6.07) is 7.94. The summed E-state index contributed by atoms with van der Waals surface area (Å²) in [5.41, 5.74) is 2.93. The number of halogens is 1. The van der Waals surface area contributed by atoms with Gasteiger partial charge in [0.25, 0.3) is 0 Å². The molecule has 0 aliphatic carbocycles. The van der Waals surface area contributed by atoms with Crippen molar-refractivity contribution in [3.05, 3.63) is 41.2 Å². The number of nitrogens with one attached hydrogen (secondary N) is 1. The number of hydrogen-bond donors (Lipinski definition) is 1. The number of nitrogens with zero attached hydrogens (tertiary/aromatic N) is 3. The van der Waals surface area contributed by atoms with E-state index < -0.39 is 0 Å². The van der Waals surface area contributed by atoms with E-state index >= 15 is 0 Å². The van der Waals surface area contributed by atoms with E-state index in [-0.39, 0.29) is 5.82 Å². The number of likely N-dealkylation sites (tertiary alicyclic amines) is 1. The average Bonchev–Trinajstić information content (AvgIpc) is 2.53. The second-order valence-corrected chi connectivity index (χ2v) is 6.47. The maximum atomic E-state index is 13.7. The third-order valence-corrected chi connectivity index (χ3v) is 4.37. The predicted octanol–water partition coefficient (Wildman–Crippen LogP) is 3.41. The Bertz CT molecular complexity index is 661. The van der Waals surface area contributed by atoms with Crippen LogP contribution in [0.25, 0.3) is 11.3 Å². The first kappa shape index (κ1) is 15.9. The van der Waals surface area contributed by atoms with Crippen LogP contribution in [0.2, 0.25) is 0 Å². The highest BCUT2D eigenvalue weighted by Gasteiger charge is 2.17. The van der Waals surface area contributed by atoms with Crippen molar-refractivity contribution in [2.45, 2.75) is 32.7 Å². The molecule has 0 unspecified atom stereocenters. The third kappa shape index (κ3) is 3.67. The summed E-state index contributed by atoms with van der Waals surface area (Å²) in [5.74, 6) is 0.644. The zero-order valence-corrected chi connectivity index (χ0v) is 13.9. The Morgan fingerprint density at radius 3 is 2.52 bits per heavy atom. The molecule has 1 saturated heterocycles. The van der Waals surface area contributed by atoms with Gasteiger partial charge in [-0.05, 0) is 75.7 Å². The van der Waals surface area contributed by atoms with Crippen molar-refractivity contribution in [3.8, 4) is 11.3 Å². The van der Waals surface area contributed by atoms with E-state index in [9.17, 15) is 4.39 Å². The molecular weight excluding hydrogens is 291 g/mol. The second kappa shape index (κ2) is 6.62. The molecule has 0 amide bonds. The van der Waals surface area contributed by atoms with E-state index in [0.717, 1.165) is 36.6 Å². The van der Waals surface area contributed by atoms with Gasteiger partial charge in [0.2, 0.25) is 0 Å². The molecule has 2 heterocycles. The average molecular weight is 314 g/mol. The van der Waals surface area contributed by atoms with Gasteiger partial charge in [-0.25, -0.2) is 4.39 Å². The molecule has 0 saturated carbocycles. The number of aromatic nitrogens is 2. The molecule has 1 aliphatic rings. The highest BCUT2D eigenvalue weighted by Crippen LogP contribution is 2.23. The van der Waals surface area contributed by atoms with E-state index in [4.69, 9.17) is 0 Å².